The molecule has 0 aromatic carbocycles. The van der Waals surface area contributed by atoms with Gasteiger partial charge < -0.3 is 15.8 Å². The Bertz CT molecular complexity index is 266. The molecule has 0 atom stereocenters. The Labute approximate surface area is 88.6 Å². The summed E-state index contributed by atoms with van der Waals surface area (Å²) in [7, 11) is 0. The van der Waals surface area contributed by atoms with Gasteiger partial charge in [0, 0.05) is 19.7 Å². The number of hydrogen-bond donors (Lipinski definition) is 2. The van der Waals surface area contributed by atoms with E-state index in [1.54, 1.807) is 6.07 Å². The molecule has 84 valence electrons. The Morgan fingerprint density at radius 2 is 2.27 bits per heavy atom. The molecule has 0 radical (unpaired) electrons. The van der Waals surface area contributed by atoms with Crippen LogP contribution in [0.25, 0.3) is 0 Å². The largest absolute Gasteiger partial charge is 0.380 e. The minimum absolute atomic E-state index is 0.327. The minimum Gasteiger partial charge on any atom is -0.380 e. The number of anilines is 1. The third-order valence-corrected chi connectivity index (χ3v) is 1.76. The summed E-state index contributed by atoms with van der Waals surface area (Å²) < 4.78 is 17.7. The molecular weight excluding hydrogens is 197 g/mol. The van der Waals surface area contributed by atoms with Gasteiger partial charge >= 0.3 is 0 Å². The number of halogens is 1. The Balaban J connectivity index is 2.07. The standard InChI is InChI=1S/C10H16FN3O/c11-9-2-3-10(14-8-9)13-5-1-6-15-7-4-12/h2-3,8H,1,4-7,12H2,(H,13,14). The van der Waals surface area contributed by atoms with Crippen molar-refractivity contribution < 1.29 is 9.13 Å². The minimum atomic E-state index is -0.327. The normalized spacial score (nSPS) is 10.3. The second-order valence-corrected chi connectivity index (χ2v) is 3.04. The van der Waals surface area contributed by atoms with Gasteiger partial charge in [-0.05, 0) is 18.6 Å². The summed E-state index contributed by atoms with van der Waals surface area (Å²) in [6.45, 7) is 2.57. The Morgan fingerprint density at radius 3 is 2.93 bits per heavy atom. The second kappa shape index (κ2) is 7.14. The first-order valence-electron chi connectivity index (χ1n) is 4.96. The van der Waals surface area contributed by atoms with Gasteiger partial charge in [0.1, 0.15) is 11.6 Å². The average molecular weight is 213 g/mol. The summed E-state index contributed by atoms with van der Waals surface area (Å²) in [6.07, 6.45) is 2.06. The molecular formula is C10H16FN3O. The van der Waals surface area contributed by atoms with Gasteiger partial charge in [-0.25, -0.2) is 9.37 Å². The van der Waals surface area contributed by atoms with E-state index in [1.807, 2.05) is 0 Å². The van der Waals surface area contributed by atoms with Crippen molar-refractivity contribution in [3.8, 4) is 0 Å². The average Bonchev–Trinajstić information content (AvgIpc) is 2.26. The van der Waals surface area contributed by atoms with E-state index >= 15 is 0 Å². The van der Waals surface area contributed by atoms with Crippen molar-refractivity contribution in [3.63, 3.8) is 0 Å². The predicted molar refractivity (Wildman–Crippen MR) is 57.2 cm³/mol. The van der Waals surface area contributed by atoms with E-state index in [2.05, 4.69) is 10.3 Å². The number of nitrogens with two attached hydrogens (primary N) is 1. The van der Waals surface area contributed by atoms with E-state index in [0.717, 1.165) is 13.0 Å². The monoisotopic (exact) mass is 213 g/mol. The zero-order chi connectivity index (χ0) is 10.9. The van der Waals surface area contributed by atoms with Gasteiger partial charge in [0.05, 0.1) is 12.8 Å². The van der Waals surface area contributed by atoms with Crippen LogP contribution in [0.1, 0.15) is 6.42 Å². The number of pyridine rings is 1. The van der Waals surface area contributed by atoms with E-state index in [0.29, 0.717) is 25.6 Å². The molecule has 1 aromatic heterocycles. The quantitative estimate of drug-likeness (QED) is 0.663. The Morgan fingerprint density at radius 1 is 1.40 bits per heavy atom. The molecule has 0 amide bonds. The molecule has 15 heavy (non-hydrogen) atoms. The van der Waals surface area contributed by atoms with Gasteiger partial charge in [-0.1, -0.05) is 0 Å². The highest BCUT2D eigenvalue weighted by Gasteiger charge is 1.94. The van der Waals surface area contributed by atoms with E-state index in [4.69, 9.17) is 10.5 Å². The zero-order valence-corrected chi connectivity index (χ0v) is 8.58. The lowest BCUT2D eigenvalue weighted by Gasteiger charge is -2.05. The van der Waals surface area contributed by atoms with Gasteiger partial charge in [0.15, 0.2) is 0 Å². The predicted octanol–water partition coefficient (Wildman–Crippen LogP) is 0.998. The van der Waals surface area contributed by atoms with Crippen molar-refractivity contribution in [3.05, 3.63) is 24.1 Å². The molecule has 0 spiro atoms. The summed E-state index contributed by atoms with van der Waals surface area (Å²) in [5, 5.41) is 3.06. The highest BCUT2D eigenvalue weighted by Crippen LogP contribution is 2.02. The molecule has 4 nitrogen and oxygen atoms in total. The molecule has 0 aliphatic heterocycles. The van der Waals surface area contributed by atoms with E-state index in [-0.39, 0.29) is 5.82 Å². The molecule has 5 heteroatoms. The van der Waals surface area contributed by atoms with Crippen molar-refractivity contribution in [1.29, 1.82) is 0 Å². The maximum Gasteiger partial charge on any atom is 0.141 e. The first kappa shape index (κ1) is 11.9. The highest BCUT2D eigenvalue weighted by atomic mass is 19.1. The molecule has 1 heterocycles. The Hall–Kier alpha value is -1.20. The summed E-state index contributed by atoms with van der Waals surface area (Å²) in [5.41, 5.74) is 5.26. The molecule has 0 aliphatic carbocycles. The third-order valence-electron chi connectivity index (χ3n) is 1.76. The van der Waals surface area contributed by atoms with Crippen LogP contribution in [0.5, 0.6) is 0 Å². The van der Waals surface area contributed by atoms with Crippen LogP contribution < -0.4 is 11.1 Å². The number of aromatic nitrogens is 1. The highest BCUT2D eigenvalue weighted by molar-refractivity contribution is 5.33. The van der Waals surface area contributed by atoms with Gasteiger partial charge in [-0.2, -0.15) is 0 Å². The number of nitrogens with one attached hydrogen (secondary N) is 1. The van der Waals surface area contributed by atoms with Crippen LogP contribution in [0.3, 0.4) is 0 Å². The molecule has 3 N–H and O–H groups in total. The third kappa shape index (κ3) is 5.29. The maximum atomic E-state index is 12.5. The molecule has 0 unspecified atom stereocenters. The number of nitrogens with zero attached hydrogens (tertiary/aromatic N) is 1. The first-order valence-corrected chi connectivity index (χ1v) is 4.96. The van der Waals surface area contributed by atoms with Crippen molar-refractivity contribution in [2.24, 2.45) is 5.73 Å². The van der Waals surface area contributed by atoms with Crippen LogP contribution in [0.4, 0.5) is 10.2 Å². The van der Waals surface area contributed by atoms with Crippen LogP contribution >= 0.6 is 0 Å². The fraction of sp³-hybridized carbons (Fsp3) is 0.500. The van der Waals surface area contributed by atoms with Gasteiger partial charge in [-0.3, -0.25) is 0 Å². The second-order valence-electron chi connectivity index (χ2n) is 3.04. The summed E-state index contributed by atoms with van der Waals surface area (Å²) in [5.74, 6) is 0.349. The lowest BCUT2D eigenvalue weighted by atomic mass is 10.4. The van der Waals surface area contributed by atoms with Crippen molar-refractivity contribution in [2.75, 3.05) is 31.6 Å². The van der Waals surface area contributed by atoms with Crippen LogP contribution in [-0.4, -0.2) is 31.3 Å². The Kier molecular flexibility index (Phi) is 5.65. The number of ether oxygens (including phenoxy) is 1. The van der Waals surface area contributed by atoms with Crippen LogP contribution in [0.2, 0.25) is 0 Å². The van der Waals surface area contributed by atoms with E-state index in [1.165, 1.54) is 12.3 Å². The van der Waals surface area contributed by atoms with Crippen molar-refractivity contribution in [1.82, 2.24) is 4.98 Å². The molecule has 1 aromatic rings. The van der Waals surface area contributed by atoms with Crippen molar-refractivity contribution in [2.45, 2.75) is 6.42 Å². The molecule has 1 rings (SSSR count). The summed E-state index contributed by atoms with van der Waals surface area (Å²) in [4.78, 5) is 3.87. The fourth-order valence-electron chi connectivity index (χ4n) is 1.06. The SMILES string of the molecule is NCCOCCCNc1ccc(F)cn1. The van der Waals surface area contributed by atoms with Gasteiger partial charge in [0.25, 0.3) is 0 Å². The first-order chi connectivity index (χ1) is 7.33. The summed E-state index contributed by atoms with van der Waals surface area (Å²) in [6, 6.07) is 2.98. The lowest BCUT2D eigenvalue weighted by molar-refractivity contribution is 0.141. The molecule has 0 saturated heterocycles. The fourth-order valence-corrected chi connectivity index (χ4v) is 1.06. The van der Waals surface area contributed by atoms with Gasteiger partial charge in [0.2, 0.25) is 0 Å². The molecule has 0 aliphatic rings. The zero-order valence-electron chi connectivity index (χ0n) is 8.58. The van der Waals surface area contributed by atoms with Crippen LogP contribution in [0.15, 0.2) is 18.3 Å². The maximum absolute atomic E-state index is 12.5. The number of rotatable bonds is 7. The van der Waals surface area contributed by atoms with Crippen LogP contribution in [0, 0.1) is 5.82 Å². The molecule has 0 fully saturated rings. The van der Waals surface area contributed by atoms with Crippen LogP contribution in [-0.2, 0) is 4.74 Å². The molecule has 0 bridgehead atoms. The van der Waals surface area contributed by atoms with Crippen molar-refractivity contribution >= 4 is 5.82 Å². The van der Waals surface area contributed by atoms with E-state index < -0.39 is 0 Å². The lowest BCUT2D eigenvalue weighted by Crippen LogP contribution is -2.11. The van der Waals surface area contributed by atoms with Gasteiger partial charge in [-0.15, -0.1) is 0 Å². The summed E-state index contributed by atoms with van der Waals surface area (Å²) >= 11 is 0. The molecule has 0 saturated carbocycles. The topological polar surface area (TPSA) is 60.2 Å². The van der Waals surface area contributed by atoms with E-state index in [9.17, 15) is 4.39 Å². The number of hydrogen-bond acceptors (Lipinski definition) is 4. The smallest absolute Gasteiger partial charge is 0.141 e.